The molecule has 0 aliphatic carbocycles. The van der Waals surface area contributed by atoms with Crippen LogP contribution in [0.5, 0.6) is 0 Å². The molecule has 0 saturated carbocycles. The second-order valence-corrected chi connectivity index (χ2v) is 5.79. The Balaban J connectivity index is 1.87. The number of rotatable bonds is 4. The fourth-order valence-electron chi connectivity index (χ4n) is 2.13. The second kappa shape index (κ2) is 6.49. The van der Waals surface area contributed by atoms with Crippen LogP contribution in [0.3, 0.4) is 0 Å². The predicted octanol–water partition coefficient (Wildman–Crippen LogP) is 4.02. The first kappa shape index (κ1) is 14.4. The first-order valence-corrected chi connectivity index (χ1v) is 7.86. The van der Waals surface area contributed by atoms with Crippen molar-refractivity contribution in [1.29, 1.82) is 0 Å². The molecule has 3 rings (SSSR count). The maximum Gasteiger partial charge on any atom is 0.259 e. The van der Waals surface area contributed by atoms with Crippen LogP contribution in [0.25, 0.3) is 11.3 Å². The summed E-state index contributed by atoms with van der Waals surface area (Å²) in [6.45, 7) is 2.09. The number of anilines is 1. The van der Waals surface area contributed by atoms with Crippen LogP contribution in [-0.4, -0.2) is 15.9 Å². The molecule has 110 valence electrons. The normalized spacial score (nSPS) is 10.4. The van der Waals surface area contributed by atoms with E-state index in [1.165, 1.54) is 11.3 Å². The fourth-order valence-corrected chi connectivity index (χ4v) is 3.05. The molecule has 1 amide bonds. The minimum absolute atomic E-state index is 0.191. The van der Waals surface area contributed by atoms with E-state index in [0.717, 1.165) is 22.6 Å². The summed E-state index contributed by atoms with van der Waals surface area (Å²) < 4.78 is 0. The van der Waals surface area contributed by atoms with Gasteiger partial charge in [0.05, 0.1) is 11.3 Å². The third-order valence-electron chi connectivity index (χ3n) is 3.21. The van der Waals surface area contributed by atoms with Crippen molar-refractivity contribution in [1.82, 2.24) is 9.97 Å². The lowest BCUT2D eigenvalue weighted by Gasteiger charge is -2.00. The Morgan fingerprint density at radius 2 is 2.00 bits per heavy atom. The number of thiazole rings is 1. The predicted molar refractivity (Wildman–Crippen MR) is 89.1 cm³/mol. The fraction of sp³-hybridized carbons (Fsp3) is 0.118. The highest BCUT2D eigenvalue weighted by Gasteiger charge is 2.14. The number of aryl methyl sites for hydroxylation is 1. The molecule has 2 heterocycles. The maximum absolute atomic E-state index is 12.2. The third kappa shape index (κ3) is 3.04. The second-order valence-electron chi connectivity index (χ2n) is 4.71. The number of aromatic nitrogens is 2. The number of pyridine rings is 1. The van der Waals surface area contributed by atoms with E-state index in [2.05, 4.69) is 22.2 Å². The summed E-state index contributed by atoms with van der Waals surface area (Å²) in [7, 11) is 0. The quantitative estimate of drug-likeness (QED) is 0.792. The topological polar surface area (TPSA) is 54.9 Å². The number of nitrogens with one attached hydrogen (secondary N) is 1. The number of hydrogen-bond donors (Lipinski definition) is 1. The van der Waals surface area contributed by atoms with E-state index in [9.17, 15) is 4.79 Å². The molecule has 0 radical (unpaired) electrons. The van der Waals surface area contributed by atoms with Crippen LogP contribution in [0.1, 0.15) is 22.2 Å². The molecule has 0 aliphatic rings. The van der Waals surface area contributed by atoms with Crippen LogP contribution >= 0.6 is 11.3 Å². The minimum Gasteiger partial charge on any atom is -0.298 e. The molecule has 5 heteroatoms. The summed E-state index contributed by atoms with van der Waals surface area (Å²) in [4.78, 5) is 21.9. The van der Waals surface area contributed by atoms with E-state index in [0.29, 0.717) is 10.7 Å². The Morgan fingerprint density at radius 1 is 1.18 bits per heavy atom. The van der Waals surface area contributed by atoms with Crippen LogP contribution < -0.4 is 5.32 Å². The van der Waals surface area contributed by atoms with Crippen molar-refractivity contribution in [2.24, 2.45) is 0 Å². The number of amides is 1. The van der Waals surface area contributed by atoms with Gasteiger partial charge in [-0.1, -0.05) is 37.3 Å². The van der Waals surface area contributed by atoms with Gasteiger partial charge in [-0.15, -0.1) is 11.3 Å². The Hall–Kier alpha value is -2.53. The van der Waals surface area contributed by atoms with Gasteiger partial charge in [0, 0.05) is 22.8 Å². The minimum atomic E-state index is -0.191. The summed E-state index contributed by atoms with van der Waals surface area (Å²) in [6.07, 6.45) is 4.06. The summed E-state index contributed by atoms with van der Waals surface area (Å²) >= 11 is 1.51. The standard InChI is InChI=1S/C17H15N3OS/c1-2-14-15(12-7-4-3-5-8-12)19-17(22-14)20-16(21)13-9-6-10-18-11-13/h3-11H,2H2,1H3,(H,19,20,21). The zero-order valence-corrected chi connectivity index (χ0v) is 12.9. The van der Waals surface area contributed by atoms with Crippen molar-refractivity contribution in [2.75, 3.05) is 5.32 Å². The monoisotopic (exact) mass is 309 g/mol. The summed E-state index contributed by atoms with van der Waals surface area (Å²) in [5.74, 6) is -0.191. The Kier molecular flexibility index (Phi) is 4.25. The highest BCUT2D eigenvalue weighted by atomic mass is 32.1. The van der Waals surface area contributed by atoms with Gasteiger partial charge in [-0.25, -0.2) is 4.98 Å². The van der Waals surface area contributed by atoms with Crippen LogP contribution in [0, 0.1) is 0 Å². The van der Waals surface area contributed by atoms with Gasteiger partial charge in [0.2, 0.25) is 0 Å². The Morgan fingerprint density at radius 3 is 2.68 bits per heavy atom. The van der Waals surface area contributed by atoms with Crippen LogP contribution in [0.4, 0.5) is 5.13 Å². The lowest BCUT2D eigenvalue weighted by atomic mass is 10.1. The van der Waals surface area contributed by atoms with Gasteiger partial charge in [0.25, 0.3) is 5.91 Å². The number of nitrogens with zero attached hydrogens (tertiary/aromatic N) is 2. The van der Waals surface area contributed by atoms with Gasteiger partial charge in [0.15, 0.2) is 5.13 Å². The molecule has 0 bridgehead atoms. The van der Waals surface area contributed by atoms with Crippen molar-refractivity contribution >= 4 is 22.4 Å². The SMILES string of the molecule is CCc1sc(NC(=O)c2cccnc2)nc1-c1ccccc1. The number of hydrogen-bond acceptors (Lipinski definition) is 4. The van der Waals surface area contributed by atoms with E-state index in [1.54, 1.807) is 24.5 Å². The Labute approximate surface area is 132 Å². The molecular formula is C17H15N3OS. The van der Waals surface area contributed by atoms with Crippen molar-refractivity contribution in [2.45, 2.75) is 13.3 Å². The maximum atomic E-state index is 12.2. The highest BCUT2D eigenvalue weighted by Crippen LogP contribution is 2.31. The van der Waals surface area contributed by atoms with Crippen molar-refractivity contribution in [3.05, 3.63) is 65.3 Å². The highest BCUT2D eigenvalue weighted by molar-refractivity contribution is 7.16. The molecule has 1 N–H and O–H groups in total. The van der Waals surface area contributed by atoms with E-state index < -0.39 is 0 Å². The molecule has 0 saturated heterocycles. The summed E-state index contributed by atoms with van der Waals surface area (Å²) in [5, 5.41) is 3.47. The van der Waals surface area contributed by atoms with Gasteiger partial charge >= 0.3 is 0 Å². The zero-order chi connectivity index (χ0) is 15.4. The lowest BCUT2D eigenvalue weighted by molar-refractivity contribution is 0.102. The average Bonchev–Trinajstić information content (AvgIpc) is 2.99. The molecule has 0 unspecified atom stereocenters. The van der Waals surface area contributed by atoms with Crippen molar-refractivity contribution in [3.63, 3.8) is 0 Å². The van der Waals surface area contributed by atoms with Gasteiger partial charge in [-0.05, 0) is 18.6 Å². The molecule has 4 nitrogen and oxygen atoms in total. The van der Waals surface area contributed by atoms with Gasteiger partial charge in [0.1, 0.15) is 0 Å². The van der Waals surface area contributed by atoms with Crippen molar-refractivity contribution in [3.8, 4) is 11.3 Å². The molecule has 0 aliphatic heterocycles. The van der Waals surface area contributed by atoms with E-state index in [4.69, 9.17) is 0 Å². The third-order valence-corrected chi connectivity index (χ3v) is 4.32. The first-order chi connectivity index (χ1) is 10.8. The molecule has 22 heavy (non-hydrogen) atoms. The number of benzene rings is 1. The van der Waals surface area contributed by atoms with Crippen LogP contribution in [0.15, 0.2) is 54.9 Å². The molecule has 3 aromatic rings. The molecule has 2 aromatic heterocycles. The van der Waals surface area contributed by atoms with E-state index in [-0.39, 0.29) is 5.91 Å². The van der Waals surface area contributed by atoms with Crippen LogP contribution in [0.2, 0.25) is 0 Å². The van der Waals surface area contributed by atoms with Gasteiger partial charge in [-0.2, -0.15) is 0 Å². The molecule has 1 aromatic carbocycles. The smallest absolute Gasteiger partial charge is 0.259 e. The Bertz CT molecular complexity index is 769. The first-order valence-electron chi connectivity index (χ1n) is 7.04. The molecular weight excluding hydrogens is 294 g/mol. The summed E-state index contributed by atoms with van der Waals surface area (Å²) in [6, 6.07) is 13.5. The lowest BCUT2D eigenvalue weighted by Crippen LogP contribution is -2.11. The van der Waals surface area contributed by atoms with Gasteiger partial charge in [-0.3, -0.25) is 15.1 Å². The van der Waals surface area contributed by atoms with Crippen molar-refractivity contribution < 1.29 is 4.79 Å². The number of carbonyl (C=O) groups excluding carboxylic acids is 1. The van der Waals surface area contributed by atoms with E-state index in [1.807, 2.05) is 30.3 Å². The zero-order valence-electron chi connectivity index (χ0n) is 12.1. The largest absolute Gasteiger partial charge is 0.298 e. The number of carbonyl (C=O) groups is 1. The van der Waals surface area contributed by atoms with Crippen LogP contribution in [-0.2, 0) is 6.42 Å². The van der Waals surface area contributed by atoms with Gasteiger partial charge < -0.3 is 0 Å². The summed E-state index contributed by atoms with van der Waals surface area (Å²) in [5.41, 5.74) is 2.53. The van der Waals surface area contributed by atoms with E-state index >= 15 is 0 Å². The molecule has 0 spiro atoms. The average molecular weight is 309 g/mol. The molecule has 0 atom stereocenters. The molecule has 0 fully saturated rings.